The van der Waals surface area contributed by atoms with Gasteiger partial charge in [-0.1, -0.05) is 0 Å². The van der Waals surface area contributed by atoms with E-state index in [0.717, 1.165) is 56.0 Å². The van der Waals surface area contributed by atoms with Gasteiger partial charge in [0, 0.05) is 32.2 Å². The molecule has 11 heteroatoms. The third-order valence-electron chi connectivity index (χ3n) is 8.22. The van der Waals surface area contributed by atoms with Crippen molar-refractivity contribution < 1.29 is 23.4 Å². The van der Waals surface area contributed by atoms with Gasteiger partial charge >= 0.3 is 6.09 Å². The Balaban J connectivity index is 1.13. The number of carbonyl (C=O) groups excluding carboxylic acids is 1. The number of benzene rings is 1. The first-order valence-corrected chi connectivity index (χ1v) is 14.3. The Labute approximate surface area is 234 Å². The highest BCUT2D eigenvalue weighted by atomic mass is 19.1. The Hall–Kier alpha value is -3.18. The quantitative estimate of drug-likeness (QED) is 0.591. The Kier molecular flexibility index (Phi) is 7.20. The SMILES string of the molecule is CC1Oc2c(F)cc(C3CCN(C4CN(C(=O)OC(C)(C)C)C4)CC3)cc2Nc2ncnc(N3CCOCC3)c21. The smallest absolute Gasteiger partial charge is 0.410 e. The van der Waals surface area contributed by atoms with E-state index in [4.69, 9.17) is 14.2 Å². The summed E-state index contributed by atoms with van der Waals surface area (Å²) in [4.78, 5) is 27.8. The summed E-state index contributed by atoms with van der Waals surface area (Å²) in [5.74, 6) is 1.55. The van der Waals surface area contributed by atoms with Crippen LogP contribution in [0, 0.1) is 5.82 Å². The molecule has 40 heavy (non-hydrogen) atoms. The second kappa shape index (κ2) is 10.7. The lowest BCUT2D eigenvalue weighted by molar-refractivity contribution is -0.0196. The monoisotopic (exact) mass is 554 g/mol. The lowest BCUT2D eigenvalue weighted by Crippen LogP contribution is -2.62. The molecule has 10 nitrogen and oxygen atoms in total. The number of aromatic nitrogens is 2. The molecule has 4 aliphatic rings. The minimum Gasteiger partial charge on any atom is -0.480 e. The highest BCUT2D eigenvalue weighted by Crippen LogP contribution is 2.44. The first-order chi connectivity index (χ1) is 19.2. The number of halogens is 1. The van der Waals surface area contributed by atoms with Gasteiger partial charge in [0.25, 0.3) is 0 Å². The number of carbonyl (C=O) groups is 1. The fraction of sp³-hybridized carbons (Fsp3) is 0.621. The standard InChI is InChI=1S/C29H39FN6O4/c1-18-24-26(31-17-32-27(24)35-9-11-38-12-10-35)33-23-14-20(13-22(30)25(23)39-18)19-5-7-34(8-6-19)21-15-36(16-21)28(37)40-29(2,3)4/h13-14,17-19,21H,5-12,15-16H2,1-4H3,(H,31,32,33). The first kappa shape index (κ1) is 27.0. The van der Waals surface area contributed by atoms with E-state index in [1.165, 1.54) is 0 Å². The van der Waals surface area contributed by atoms with Crippen molar-refractivity contribution in [2.45, 2.75) is 64.2 Å². The Morgan fingerprint density at radius 2 is 1.82 bits per heavy atom. The van der Waals surface area contributed by atoms with Crippen molar-refractivity contribution in [2.24, 2.45) is 0 Å². The molecule has 2 aromatic rings. The summed E-state index contributed by atoms with van der Waals surface area (Å²) in [6, 6.07) is 4.00. The second-order valence-corrected chi connectivity index (χ2v) is 12.2. The number of hydrogen-bond donors (Lipinski definition) is 1. The van der Waals surface area contributed by atoms with Crippen LogP contribution in [0.15, 0.2) is 18.5 Å². The van der Waals surface area contributed by atoms with E-state index in [-0.39, 0.29) is 23.6 Å². The highest BCUT2D eigenvalue weighted by Gasteiger charge is 2.39. The average molecular weight is 555 g/mol. The summed E-state index contributed by atoms with van der Waals surface area (Å²) >= 11 is 0. The third kappa shape index (κ3) is 5.41. The van der Waals surface area contributed by atoms with Crippen LogP contribution in [0.25, 0.3) is 0 Å². The van der Waals surface area contributed by atoms with Crippen molar-refractivity contribution in [3.8, 4) is 5.75 Å². The van der Waals surface area contributed by atoms with Gasteiger partial charge in [-0.05, 0) is 77.2 Å². The average Bonchev–Trinajstić information content (AvgIpc) is 3.04. The van der Waals surface area contributed by atoms with Gasteiger partial charge in [-0.15, -0.1) is 0 Å². The number of likely N-dealkylation sites (tertiary alicyclic amines) is 2. The van der Waals surface area contributed by atoms with Crippen LogP contribution >= 0.6 is 0 Å². The van der Waals surface area contributed by atoms with Crippen LogP contribution < -0.4 is 15.0 Å². The maximum atomic E-state index is 15.5. The molecular formula is C29H39FN6O4. The number of nitrogens with zero attached hydrogens (tertiary/aromatic N) is 5. The van der Waals surface area contributed by atoms with Crippen LogP contribution in [0.1, 0.15) is 63.7 Å². The lowest BCUT2D eigenvalue weighted by Gasteiger charge is -2.47. The molecule has 0 bridgehead atoms. The molecule has 3 fully saturated rings. The minimum atomic E-state index is -0.484. The molecule has 1 aromatic heterocycles. The van der Waals surface area contributed by atoms with Crippen LogP contribution in [0.2, 0.25) is 0 Å². The minimum absolute atomic E-state index is 0.219. The Morgan fingerprint density at radius 3 is 2.52 bits per heavy atom. The maximum absolute atomic E-state index is 15.5. The van der Waals surface area contributed by atoms with Crippen molar-refractivity contribution in [1.29, 1.82) is 0 Å². The molecule has 5 heterocycles. The van der Waals surface area contributed by atoms with E-state index < -0.39 is 11.7 Å². The predicted molar refractivity (Wildman–Crippen MR) is 149 cm³/mol. The molecule has 0 radical (unpaired) electrons. The number of rotatable bonds is 3. The zero-order chi connectivity index (χ0) is 28.0. The van der Waals surface area contributed by atoms with E-state index in [1.807, 2.05) is 33.8 Å². The van der Waals surface area contributed by atoms with Crippen molar-refractivity contribution in [3.63, 3.8) is 0 Å². The zero-order valence-electron chi connectivity index (χ0n) is 23.8. The summed E-state index contributed by atoms with van der Waals surface area (Å²) in [6.45, 7) is 13.5. The van der Waals surface area contributed by atoms with Crippen LogP contribution in [0.3, 0.4) is 0 Å². The normalized spacial score (nSPS) is 22.4. The zero-order valence-corrected chi connectivity index (χ0v) is 23.8. The molecule has 0 aliphatic carbocycles. The van der Waals surface area contributed by atoms with Gasteiger partial charge < -0.3 is 29.3 Å². The molecule has 0 saturated carbocycles. The van der Waals surface area contributed by atoms with Crippen LogP contribution in [-0.4, -0.2) is 90.0 Å². The van der Waals surface area contributed by atoms with Gasteiger partial charge in [0.15, 0.2) is 11.6 Å². The molecule has 1 unspecified atom stereocenters. The summed E-state index contributed by atoms with van der Waals surface area (Å²) in [7, 11) is 0. The molecular weight excluding hydrogens is 515 g/mol. The summed E-state index contributed by atoms with van der Waals surface area (Å²) in [5.41, 5.74) is 1.91. The number of hydrogen-bond acceptors (Lipinski definition) is 9. The van der Waals surface area contributed by atoms with Crippen molar-refractivity contribution >= 4 is 23.4 Å². The van der Waals surface area contributed by atoms with Crippen molar-refractivity contribution in [1.82, 2.24) is 19.8 Å². The summed E-state index contributed by atoms with van der Waals surface area (Å²) < 4.78 is 32.7. The lowest BCUT2D eigenvalue weighted by atomic mass is 9.87. The summed E-state index contributed by atoms with van der Waals surface area (Å²) in [5, 5.41) is 3.38. The van der Waals surface area contributed by atoms with Crippen molar-refractivity contribution in [2.75, 3.05) is 62.7 Å². The molecule has 1 atom stereocenters. The van der Waals surface area contributed by atoms with E-state index in [9.17, 15) is 4.79 Å². The van der Waals surface area contributed by atoms with Gasteiger partial charge in [0.2, 0.25) is 0 Å². The second-order valence-electron chi connectivity index (χ2n) is 12.2. The number of fused-ring (bicyclic) bond motifs is 2. The van der Waals surface area contributed by atoms with Crippen LogP contribution in [0.4, 0.5) is 26.5 Å². The molecule has 216 valence electrons. The van der Waals surface area contributed by atoms with Crippen LogP contribution in [-0.2, 0) is 9.47 Å². The molecule has 4 aliphatic heterocycles. The maximum Gasteiger partial charge on any atom is 0.410 e. The van der Waals surface area contributed by atoms with E-state index >= 15 is 4.39 Å². The highest BCUT2D eigenvalue weighted by molar-refractivity contribution is 5.73. The van der Waals surface area contributed by atoms with Gasteiger partial charge in [-0.25, -0.2) is 19.2 Å². The number of morpholine rings is 1. The third-order valence-corrected chi connectivity index (χ3v) is 8.22. The molecule has 1 amide bonds. The van der Waals surface area contributed by atoms with E-state index in [2.05, 4.69) is 25.1 Å². The summed E-state index contributed by atoms with van der Waals surface area (Å²) in [6.07, 6.45) is 2.74. The number of nitrogens with one attached hydrogen (secondary N) is 1. The number of amides is 1. The molecule has 6 rings (SSSR count). The van der Waals surface area contributed by atoms with Crippen LogP contribution in [0.5, 0.6) is 5.75 Å². The molecule has 1 aromatic carbocycles. The number of anilines is 3. The molecule has 1 N–H and O–H groups in total. The van der Waals surface area contributed by atoms with Gasteiger partial charge in [-0.2, -0.15) is 0 Å². The van der Waals surface area contributed by atoms with E-state index in [0.29, 0.717) is 43.9 Å². The fourth-order valence-corrected chi connectivity index (χ4v) is 6.07. The van der Waals surface area contributed by atoms with Gasteiger partial charge in [0.05, 0.1) is 24.5 Å². The van der Waals surface area contributed by atoms with Gasteiger partial charge in [0.1, 0.15) is 29.7 Å². The Morgan fingerprint density at radius 1 is 1.10 bits per heavy atom. The topological polar surface area (TPSA) is 92.3 Å². The Bertz CT molecular complexity index is 1250. The molecule has 3 saturated heterocycles. The number of ether oxygens (including phenoxy) is 3. The largest absolute Gasteiger partial charge is 0.480 e. The predicted octanol–water partition coefficient (Wildman–Crippen LogP) is 4.45. The fourth-order valence-electron chi connectivity index (χ4n) is 6.07. The van der Waals surface area contributed by atoms with Crippen molar-refractivity contribution in [3.05, 3.63) is 35.4 Å². The van der Waals surface area contributed by atoms with E-state index in [1.54, 1.807) is 17.3 Å². The molecule has 0 spiro atoms. The first-order valence-electron chi connectivity index (χ1n) is 14.3. The number of piperidine rings is 1. The van der Waals surface area contributed by atoms with Gasteiger partial charge in [-0.3, -0.25) is 4.90 Å².